The zero-order valence-electron chi connectivity index (χ0n) is 14.2. The summed E-state index contributed by atoms with van der Waals surface area (Å²) >= 11 is 0. The quantitative estimate of drug-likeness (QED) is 0.584. The molecule has 0 N–H and O–H groups in total. The fourth-order valence-electron chi connectivity index (χ4n) is 3.81. The van der Waals surface area contributed by atoms with Crippen LogP contribution >= 0.6 is 0 Å². The van der Waals surface area contributed by atoms with Gasteiger partial charge in [-0.3, -0.25) is 0 Å². The molecule has 0 radical (unpaired) electrons. The van der Waals surface area contributed by atoms with Gasteiger partial charge >= 0.3 is 0 Å². The summed E-state index contributed by atoms with van der Waals surface area (Å²) in [6.07, 6.45) is 6.57. The van der Waals surface area contributed by atoms with Gasteiger partial charge in [0.2, 0.25) is 0 Å². The van der Waals surface area contributed by atoms with Gasteiger partial charge in [-0.15, -0.1) is 6.58 Å². The minimum Gasteiger partial charge on any atom is -0.102 e. The lowest BCUT2D eigenvalue weighted by atomic mass is 9.70. The van der Waals surface area contributed by atoms with Gasteiger partial charge in [-0.1, -0.05) is 72.3 Å². The monoisotopic (exact) mass is 300 g/mol. The van der Waals surface area contributed by atoms with Crippen LogP contribution in [0.3, 0.4) is 0 Å². The zero-order chi connectivity index (χ0) is 16.4. The molecule has 0 aliphatic heterocycles. The molecule has 0 saturated carbocycles. The van der Waals surface area contributed by atoms with Gasteiger partial charge in [-0.25, -0.2) is 0 Å². The van der Waals surface area contributed by atoms with Gasteiger partial charge in [0, 0.05) is 11.8 Å². The molecular weight excluding hydrogens is 276 g/mol. The maximum absolute atomic E-state index is 4.11. The van der Waals surface area contributed by atoms with Crippen LogP contribution in [0.25, 0.3) is 5.57 Å². The van der Waals surface area contributed by atoms with Crippen molar-refractivity contribution in [2.24, 2.45) is 5.92 Å². The van der Waals surface area contributed by atoms with Crippen LogP contribution in [0.2, 0.25) is 0 Å². The highest BCUT2D eigenvalue weighted by Crippen LogP contribution is 2.46. The summed E-state index contributed by atoms with van der Waals surface area (Å²) in [5.41, 5.74) is 8.22. The standard InChI is InChI=1S/C23H24/c1-5-11-20-17(4)23(19-13-8-7-12-16(19)3)22-15-10-9-14-21(22)18(20)6-2/h5-15,18,20H,2H2,1,3-4H3/b11-5-. The van der Waals surface area contributed by atoms with Crippen molar-refractivity contribution in [3.63, 3.8) is 0 Å². The second kappa shape index (κ2) is 6.42. The molecule has 0 saturated heterocycles. The second-order valence-electron chi connectivity index (χ2n) is 6.27. The molecule has 1 aliphatic carbocycles. The van der Waals surface area contributed by atoms with Crippen LogP contribution in [0.1, 0.15) is 42.0 Å². The van der Waals surface area contributed by atoms with Crippen molar-refractivity contribution in [3.05, 3.63) is 101 Å². The van der Waals surface area contributed by atoms with E-state index in [1.807, 2.05) is 0 Å². The lowest BCUT2D eigenvalue weighted by Crippen LogP contribution is -2.19. The molecule has 0 heterocycles. The van der Waals surface area contributed by atoms with Crippen molar-refractivity contribution in [2.75, 3.05) is 0 Å². The third kappa shape index (κ3) is 2.59. The summed E-state index contributed by atoms with van der Waals surface area (Å²) in [5.74, 6) is 0.720. The van der Waals surface area contributed by atoms with Crippen molar-refractivity contribution in [2.45, 2.75) is 26.7 Å². The van der Waals surface area contributed by atoms with Gasteiger partial charge in [-0.05, 0) is 48.6 Å². The third-order valence-corrected chi connectivity index (χ3v) is 4.94. The van der Waals surface area contributed by atoms with Crippen LogP contribution in [0.4, 0.5) is 0 Å². The number of allylic oxidation sites excluding steroid dienone is 4. The molecule has 0 bridgehead atoms. The van der Waals surface area contributed by atoms with E-state index in [0.717, 1.165) is 0 Å². The van der Waals surface area contributed by atoms with E-state index in [-0.39, 0.29) is 0 Å². The van der Waals surface area contributed by atoms with Crippen molar-refractivity contribution >= 4 is 5.57 Å². The van der Waals surface area contributed by atoms with Crippen LogP contribution in [0.5, 0.6) is 0 Å². The van der Waals surface area contributed by atoms with E-state index in [1.165, 1.54) is 33.4 Å². The molecule has 1 aliphatic rings. The highest BCUT2D eigenvalue weighted by Gasteiger charge is 2.30. The topological polar surface area (TPSA) is 0 Å². The second-order valence-corrected chi connectivity index (χ2v) is 6.27. The molecule has 2 unspecified atom stereocenters. The Morgan fingerprint density at radius 1 is 0.870 bits per heavy atom. The van der Waals surface area contributed by atoms with Crippen molar-refractivity contribution in [3.8, 4) is 0 Å². The summed E-state index contributed by atoms with van der Waals surface area (Å²) in [6.45, 7) is 10.7. The van der Waals surface area contributed by atoms with E-state index in [9.17, 15) is 0 Å². The maximum atomic E-state index is 4.11. The van der Waals surface area contributed by atoms with Crippen molar-refractivity contribution in [1.29, 1.82) is 0 Å². The molecule has 116 valence electrons. The number of aryl methyl sites for hydroxylation is 1. The summed E-state index contributed by atoms with van der Waals surface area (Å²) in [6, 6.07) is 17.5. The average molecular weight is 300 g/mol. The summed E-state index contributed by atoms with van der Waals surface area (Å²) in [4.78, 5) is 0. The molecule has 2 aromatic carbocycles. The Bertz CT molecular complexity index is 789. The van der Waals surface area contributed by atoms with Crippen LogP contribution in [0, 0.1) is 12.8 Å². The largest absolute Gasteiger partial charge is 0.102 e. The summed E-state index contributed by atoms with van der Waals surface area (Å²) in [5, 5.41) is 0. The van der Waals surface area contributed by atoms with Gasteiger partial charge < -0.3 is 0 Å². The first-order valence-corrected chi connectivity index (χ1v) is 8.30. The molecular formula is C23H24. The Hall–Kier alpha value is -2.34. The highest BCUT2D eigenvalue weighted by molar-refractivity contribution is 5.87. The van der Waals surface area contributed by atoms with E-state index in [2.05, 4.69) is 94.1 Å². The smallest absolute Gasteiger partial charge is 0.0122 e. The molecule has 0 amide bonds. The number of rotatable bonds is 3. The lowest BCUT2D eigenvalue weighted by molar-refractivity contribution is 0.658. The molecule has 0 heteroatoms. The fraction of sp³-hybridized carbons (Fsp3) is 0.217. The minimum absolute atomic E-state index is 0.343. The Balaban J connectivity index is 2.33. The maximum Gasteiger partial charge on any atom is 0.0122 e. The normalized spacial score (nSPS) is 20.7. The van der Waals surface area contributed by atoms with E-state index in [4.69, 9.17) is 0 Å². The Kier molecular flexibility index (Phi) is 4.34. The molecule has 0 spiro atoms. The highest BCUT2D eigenvalue weighted by atomic mass is 14.3. The molecule has 3 rings (SSSR count). The zero-order valence-corrected chi connectivity index (χ0v) is 14.2. The first-order valence-electron chi connectivity index (χ1n) is 8.30. The van der Waals surface area contributed by atoms with Gasteiger partial charge in [0.15, 0.2) is 0 Å². The number of hydrogen-bond acceptors (Lipinski definition) is 0. The molecule has 23 heavy (non-hydrogen) atoms. The number of hydrogen-bond donors (Lipinski definition) is 0. The number of benzene rings is 2. The SMILES string of the molecule is C=CC1c2ccccc2C(c2ccccc2C)=C(C)C1/C=C\C. The van der Waals surface area contributed by atoms with E-state index < -0.39 is 0 Å². The third-order valence-electron chi connectivity index (χ3n) is 4.94. The molecule has 2 atom stereocenters. The number of fused-ring (bicyclic) bond motifs is 1. The van der Waals surface area contributed by atoms with E-state index in [0.29, 0.717) is 11.8 Å². The average Bonchev–Trinajstić information content (AvgIpc) is 2.57. The van der Waals surface area contributed by atoms with Crippen LogP contribution in [0.15, 0.2) is 78.9 Å². The minimum atomic E-state index is 0.343. The van der Waals surface area contributed by atoms with Gasteiger partial charge in [-0.2, -0.15) is 0 Å². The first kappa shape index (κ1) is 15.6. The van der Waals surface area contributed by atoms with Gasteiger partial charge in [0.1, 0.15) is 0 Å². The van der Waals surface area contributed by atoms with Crippen LogP contribution in [-0.4, -0.2) is 0 Å². The molecule has 0 aromatic heterocycles. The van der Waals surface area contributed by atoms with Gasteiger partial charge in [0.05, 0.1) is 0 Å². The fourth-order valence-corrected chi connectivity index (χ4v) is 3.81. The van der Waals surface area contributed by atoms with E-state index in [1.54, 1.807) is 0 Å². The Morgan fingerprint density at radius 3 is 2.17 bits per heavy atom. The molecule has 0 fully saturated rings. The van der Waals surface area contributed by atoms with Crippen LogP contribution < -0.4 is 0 Å². The van der Waals surface area contributed by atoms with Crippen molar-refractivity contribution in [1.82, 2.24) is 0 Å². The Morgan fingerprint density at radius 2 is 1.52 bits per heavy atom. The Labute approximate surface area is 139 Å². The summed E-state index contributed by atoms with van der Waals surface area (Å²) < 4.78 is 0. The lowest BCUT2D eigenvalue weighted by Gasteiger charge is -2.34. The summed E-state index contributed by atoms with van der Waals surface area (Å²) in [7, 11) is 0. The predicted octanol–water partition coefficient (Wildman–Crippen LogP) is 6.29. The molecule has 2 aromatic rings. The van der Waals surface area contributed by atoms with Crippen LogP contribution in [-0.2, 0) is 0 Å². The first-order chi connectivity index (χ1) is 11.2. The predicted molar refractivity (Wildman–Crippen MR) is 101 cm³/mol. The van der Waals surface area contributed by atoms with Crippen molar-refractivity contribution < 1.29 is 0 Å². The van der Waals surface area contributed by atoms with Gasteiger partial charge in [0.25, 0.3) is 0 Å². The molecule has 0 nitrogen and oxygen atoms in total. The van der Waals surface area contributed by atoms with E-state index >= 15 is 0 Å².